The molecule has 0 amide bonds. The minimum Gasteiger partial charge on any atom is -0.497 e. The molecule has 1 heterocycles. The smallest absolute Gasteiger partial charge is 0.193 e. The van der Waals surface area contributed by atoms with Crippen molar-refractivity contribution in [3.8, 4) is 5.75 Å². The second-order valence-corrected chi connectivity index (χ2v) is 6.10. The molecule has 2 aromatic rings. The summed E-state index contributed by atoms with van der Waals surface area (Å²) < 4.78 is 5.21. The van der Waals surface area contributed by atoms with Gasteiger partial charge in [-0.05, 0) is 49.7 Å². The molecule has 3 rings (SSSR count). The number of carbonyl (C=O) groups is 1. The topological polar surface area (TPSA) is 29.5 Å². The van der Waals surface area contributed by atoms with E-state index >= 15 is 0 Å². The molecule has 0 aliphatic carbocycles. The van der Waals surface area contributed by atoms with Gasteiger partial charge in [-0.25, -0.2) is 0 Å². The van der Waals surface area contributed by atoms with Crippen LogP contribution >= 0.6 is 0 Å². The van der Waals surface area contributed by atoms with Gasteiger partial charge in [-0.2, -0.15) is 0 Å². The molecular weight excluding hydrogens is 286 g/mol. The zero-order chi connectivity index (χ0) is 16.1. The highest BCUT2D eigenvalue weighted by Gasteiger charge is 2.13. The van der Waals surface area contributed by atoms with Gasteiger partial charge < -0.3 is 4.74 Å². The monoisotopic (exact) mass is 309 g/mol. The second-order valence-electron chi connectivity index (χ2n) is 6.10. The van der Waals surface area contributed by atoms with Gasteiger partial charge in [0.15, 0.2) is 5.78 Å². The Kier molecular flexibility index (Phi) is 5.09. The van der Waals surface area contributed by atoms with Crippen LogP contribution in [0.5, 0.6) is 5.75 Å². The lowest BCUT2D eigenvalue weighted by Crippen LogP contribution is -2.29. The van der Waals surface area contributed by atoms with Gasteiger partial charge in [-0.15, -0.1) is 0 Å². The number of benzene rings is 2. The summed E-state index contributed by atoms with van der Waals surface area (Å²) in [6.07, 6.45) is 3.90. The highest BCUT2D eigenvalue weighted by Crippen LogP contribution is 2.18. The molecule has 2 aromatic carbocycles. The molecule has 1 aliphatic heterocycles. The Hall–Kier alpha value is -2.13. The Morgan fingerprint density at radius 1 is 1.00 bits per heavy atom. The van der Waals surface area contributed by atoms with Crippen LogP contribution in [0.4, 0.5) is 0 Å². The molecule has 0 radical (unpaired) electrons. The Balaban J connectivity index is 1.76. The van der Waals surface area contributed by atoms with Crippen molar-refractivity contribution < 1.29 is 9.53 Å². The highest BCUT2D eigenvalue weighted by molar-refractivity contribution is 6.09. The lowest BCUT2D eigenvalue weighted by Gasteiger charge is -2.26. The van der Waals surface area contributed by atoms with Crippen molar-refractivity contribution in [3.05, 3.63) is 65.2 Å². The molecule has 3 nitrogen and oxygen atoms in total. The lowest BCUT2D eigenvalue weighted by molar-refractivity contribution is 0.103. The molecule has 1 aliphatic rings. The van der Waals surface area contributed by atoms with Crippen LogP contribution in [-0.2, 0) is 6.54 Å². The van der Waals surface area contributed by atoms with Gasteiger partial charge >= 0.3 is 0 Å². The molecule has 0 atom stereocenters. The van der Waals surface area contributed by atoms with E-state index in [1.165, 1.54) is 24.8 Å². The van der Waals surface area contributed by atoms with Crippen LogP contribution < -0.4 is 4.74 Å². The first kappa shape index (κ1) is 15.8. The van der Waals surface area contributed by atoms with Crippen molar-refractivity contribution in [2.45, 2.75) is 25.8 Å². The first-order valence-corrected chi connectivity index (χ1v) is 8.26. The Labute approximate surface area is 137 Å². The van der Waals surface area contributed by atoms with E-state index in [1.807, 2.05) is 36.4 Å². The molecule has 23 heavy (non-hydrogen) atoms. The van der Waals surface area contributed by atoms with Gasteiger partial charge in [0.25, 0.3) is 0 Å². The van der Waals surface area contributed by atoms with Crippen molar-refractivity contribution in [3.63, 3.8) is 0 Å². The maximum absolute atomic E-state index is 12.7. The summed E-state index contributed by atoms with van der Waals surface area (Å²) in [4.78, 5) is 15.2. The summed E-state index contributed by atoms with van der Waals surface area (Å²) in [5.41, 5.74) is 2.62. The maximum Gasteiger partial charge on any atom is 0.193 e. The predicted molar refractivity (Wildman–Crippen MR) is 92.0 cm³/mol. The first-order valence-electron chi connectivity index (χ1n) is 8.26. The number of hydrogen-bond donors (Lipinski definition) is 0. The number of rotatable bonds is 5. The zero-order valence-corrected chi connectivity index (χ0v) is 13.6. The van der Waals surface area contributed by atoms with Crippen LogP contribution in [0.1, 0.15) is 40.7 Å². The van der Waals surface area contributed by atoms with Gasteiger partial charge in [0.1, 0.15) is 5.75 Å². The standard InChI is InChI=1S/C20H23NO2/c1-23-19-10-6-9-18(14-19)20(22)17-8-5-7-16(13-17)15-21-11-3-2-4-12-21/h5-10,13-14H,2-4,11-12,15H2,1H3. The van der Waals surface area contributed by atoms with E-state index in [-0.39, 0.29) is 5.78 Å². The van der Waals surface area contributed by atoms with E-state index < -0.39 is 0 Å². The molecule has 0 spiro atoms. The van der Waals surface area contributed by atoms with Crippen LogP contribution in [0.15, 0.2) is 48.5 Å². The minimum absolute atomic E-state index is 0.0457. The maximum atomic E-state index is 12.7. The number of ketones is 1. The average molecular weight is 309 g/mol. The van der Waals surface area contributed by atoms with Crippen LogP contribution in [-0.4, -0.2) is 30.9 Å². The van der Waals surface area contributed by atoms with E-state index in [0.717, 1.165) is 25.2 Å². The predicted octanol–water partition coefficient (Wildman–Crippen LogP) is 3.91. The number of ether oxygens (including phenoxy) is 1. The van der Waals surface area contributed by atoms with E-state index in [1.54, 1.807) is 13.2 Å². The van der Waals surface area contributed by atoms with Crippen LogP contribution in [0.25, 0.3) is 0 Å². The number of piperidine rings is 1. The summed E-state index contributed by atoms with van der Waals surface area (Å²) in [5.74, 6) is 0.754. The molecule has 1 saturated heterocycles. The number of nitrogens with zero attached hydrogens (tertiary/aromatic N) is 1. The van der Waals surface area contributed by atoms with Crippen LogP contribution in [0, 0.1) is 0 Å². The van der Waals surface area contributed by atoms with Crippen molar-refractivity contribution in [2.75, 3.05) is 20.2 Å². The first-order chi connectivity index (χ1) is 11.3. The molecule has 0 aromatic heterocycles. The summed E-state index contributed by atoms with van der Waals surface area (Å²) in [5, 5.41) is 0. The molecule has 0 N–H and O–H groups in total. The Morgan fingerprint density at radius 3 is 2.43 bits per heavy atom. The van der Waals surface area contributed by atoms with Gasteiger partial charge in [0, 0.05) is 17.7 Å². The van der Waals surface area contributed by atoms with Crippen molar-refractivity contribution in [1.29, 1.82) is 0 Å². The third-order valence-electron chi connectivity index (χ3n) is 4.38. The average Bonchev–Trinajstić information content (AvgIpc) is 2.62. The number of hydrogen-bond acceptors (Lipinski definition) is 3. The van der Waals surface area contributed by atoms with E-state index in [0.29, 0.717) is 11.3 Å². The molecule has 120 valence electrons. The van der Waals surface area contributed by atoms with Crippen molar-refractivity contribution >= 4 is 5.78 Å². The molecule has 3 heteroatoms. The zero-order valence-electron chi connectivity index (χ0n) is 13.6. The van der Waals surface area contributed by atoms with Crippen LogP contribution in [0.2, 0.25) is 0 Å². The summed E-state index contributed by atoms with van der Waals surface area (Å²) >= 11 is 0. The fourth-order valence-corrected chi connectivity index (χ4v) is 3.12. The normalized spacial score (nSPS) is 15.3. The summed E-state index contributed by atoms with van der Waals surface area (Å²) in [7, 11) is 1.61. The highest BCUT2D eigenvalue weighted by atomic mass is 16.5. The number of carbonyl (C=O) groups excluding carboxylic acids is 1. The van der Waals surface area contributed by atoms with E-state index in [4.69, 9.17) is 4.74 Å². The number of likely N-dealkylation sites (tertiary alicyclic amines) is 1. The third-order valence-corrected chi connectivity index (χ3v) is 4.38. The molecule has 0 unspecified atom stereocenters. The molecular formula is C20H23NO2. The lowest BCUT2D eigenvalue weighted by atomic mass is 10.0. The number of methoxy groups -OCH3 is 1. The van der Waals surface area contributed by atoms with Crippen LogP contribution in [0.3, 0.4) is 0 Å². The summed E-state index contributed by atoms with van der Waals surface area (Å²) in [6.45, 7) is 3.25. The minimum atomic E-state index is 0.0457. The molecule has 0 saturated carbocycles. The summed E-state index contributed by atoms with van der Waals surface area (Å²) in [6, 6.07) is 15.3. The van der Waals surface area contributed by atoms with Gasteiger partial charge in [-0.3, -0.25) is 9.69 Å². The Bertz CT molecular complexity index is 675. The van der Waals surface area contributed by atoms with Gasteiger partial charge in [0.2, 0.25) is 0 Å². The molecule has 1 fully saturated rings. The van der Waals surface area contributed by atoms with Gasteiger partial charge in [0.05, 0.1) is 7.11 Å². The van der Waals surface area contributed by atoms with Crippen molar-refractivity contribution in [1.82, 2.24) is 4.90 Å². The third kappa shape index (κ3) is 3.99. The fourth-order valence-electron chi connectivity index (χ4n) is 3.12. The Morgan fingerprint density at radius 2 is 1.70 bits per heavy atom. The van der Waals surface area contributed by atoms with E-state index in [2.05, 4.69) is 11.0 Å². The fraction of sp³-hybridized carbons (Fsp3) is 0.350. The second kappa shape index (κ2) is 7.42. The SMILES string of the molecule is COc1cccc(C(=O)c2cccc(CN3CCCCC3)c2)c1. The van der Waals surface area contributed by atoms with Crippen molar-refractivity contribution in [2.24, 2.45) is 0 Å². The van der Waals surface area contributed by atoms with E-state index in [9.17, 15) is 4.79 Å². The molecule has 0 bridgehead atoms. The van der Waals surface area contributed by atoms with Gasteiger partial charge in [-0.1, -0.05) is 36.8 Å². The largest absolute Gasteiger partial charge is 0.497 e. The quantitative estimate of drug-likeness (QED) is 0.784.